The third-order valence-electron chi connectivity index (χ3n) is 5.44. The zero-order chi connectivity index (χ0) is 21.2. The van der Waals surface area contributed by atoms with Crippen LogP contribution < -0.4 is 15.5 Å². The highest BCUT2D eigenvalue weighted by atomic mass is 35.5. The molecule has 0 aliphatic carbocycles. The lowest BCUT2D eigenvalue weighted by Gasteiger charge is -2.29. The molecule has 0 amide bonds. The standard InChI is InChI=1S/C24H21ClFN5/c25-17-4-9-22(26)21(14-17)20-3-1-2-16-15-28-24(30-23(16)20)29-18-5-7-19(8-6-18)31-12-10-27-11-13-31/h1-9,14-15,27H,10-13H2,(H,28,29,30). The fraction of sp³-hybridized carbons (Fsp3) is 0.167. The third kappa shape index (κ3) is 4.17. The van der Waals surface area contributed by atoms with Gasteiger partial charge in [-0.15, -0.1) is 0 Å². The lowest BCUT2D eigenvalue weighted by Crippen LogP contribution is -2.43. The molecule has 31 heavy (non-hydrogen) atoms. The molecule has 1 aliphatic rings. The number of benzene rings is 3. The van der Waals surface area contributed by atoms with Gasteiger partial charge >= 0.3 is 0 Å². The zero-order valence-electron chi connectivity index (χ0n) is 16.8. The van der Waals surface area contributed by atoms with Crippen LogP contribution in [0.2, 0.25) is 5.02 Å². The van der Waals surface area contributed by atoms with Crippen LogP contribution in [-0.4, -0.2) is 36.1 Å². The van der Waals surface area contributed by atoms with Crippen molar-refractivity contribution < 1.29 is 4.39 Å². The second-order valence-corrected chi connectivity index (χ2v) is 7.91. The summed E-state index contributed by atoms with van der Waals surface area (Å²) in [5.41, 5.74) is 3.86. The molecule has 1 aliphatic heterocycles. The maximum Gasteiger partial charge on any atom is 0.227 e. The summed E-state index contributed by atoms with van der Waals surface area (Å²) in [5, 5.41) is 7.93. The predicted molar refractivity (Wildman–Crippen MR) is 125 cm³/mol. The molecule has 1 fully saturated rings. The van der Waals surface area contributed by atoms with Gasteiger partial charge in [0, 0.05) is 65.3 Å². The number of aromatic nitrogens is 2. The van der Waals surface area contributed by atoms with Gasteiger partial charge in [-0.05, 0) is 42.5 Å². The van der Waals surface area contributed by atoms with Crippen LogP contribution in [0.1, 0.15) is 0 Å². The SMILES string of the molecule is Fc1ccc(Cl)cc1-c1cccc2cnc(Nc3ccc(N4CCNCC4)cc3)nc12. The first kappa shape index (κ1) is 19.7. The minimum Gasteiger partial charge on any atom is -0.369 e. The normalized spacial score (nSPS) is 14.1. The number of hydrogen-bond acceptors (Lipinski definition) is 5. The summed E-state index contributed by atoms with van der Waals surface area (Å²) in [4.78, 5) is 11.5. The fourth-order valence-corrected chi connectivity index (χ4v) is 4.02. The Labute approximate surface area is 184 Å². The number of rotatable bonds is 4. The van der Waals surface area contributed by atoms with E-state index in [0.717, 1.165) is 37.3 Å². The summed E-state index contributed by atoms with van der Waals surface area (Å²) in [6.45, 7) is 4.01. The first-order valence-corrected chi connectivity index (χ1v) is 10.6. The summed E-state index contributed by atoms with van der Waals surface area (Å²) in [7, 11) is 0. The van der Waals surface area contributed by atoms with Crippen molar-refractivity contribution in [1.82, 2.24) is 15.3 Å². The Morgan fingerprint density at radius 3 is 2.58 bits per heavy atom. The third-order valence-corrected chi connectivity index (χ3v) is 5.67. The molecule has 5 nitrogen and oxygen atoms in total. The molecule has 0 atom stereocenters. The predicted octanol–water partition coefficient (Wildman–Crippen LogP) is 5.24. The zero-order valence-corrected chi connectivity index (χ0v) is 17.5. The molecule has 1 saturated heterocycles. The Morgan fingerprint density at radius 1 is 0.968 bits per heavy atom. The Balaban J connectivity index is 1.45. The van der Waals surface area contributed by atoms with Crippen molar-refractivity contribution in [3.63, 3.8) is 0 Å². The van der Waals surface area contributed by atoms with Gasteiger partial charge in [-0.2, -0.15) is 0 Å². The smallest absolute Gasteiger partial charge is 0.227 e. The van der Waals surface area contributed by atoms with E-state index in [4.69, 9.17) is 11.6 Å². The number of nitrogens with zero attached hydrogens (tertiary/aromatic N) is 3. The van der Waals surface area contributed by atoms with Crippen LogP contribution in [0.5, 0.6) is 0 Å². The second-order valence-electron chi connectivity index (χ2n) is 7.47. The Kier molecular flexibility index (Phi) is 5.40. The van der Waals surface area contributed by atoms with Gasteiger partial charge in [0.2, 0.25) is 5.95 Å². The minimum absolute atomic E-state index is 0.339. The molecule has 0 spiro atoms. The summed E-state index contributed by atoms with van der Waals surface area (Å²) in [6, 6.07) is 18.4. The van der Waals surface area contributed by atoms with Crippen LogP contribution in [0.15, 0.2) is 66.9 Å². The van der Waals surface area contributed by atoms with Gasteiger partial charge < -0.3 is 15.5 Å². The van der Waals surface area contributed by atoms with Gasteiger partial charge in [0.25, 0.3) is 0 Å². The molecule has 0 unspecified atom stereocenters. The van der Waals surface area contributed by atoms with Gasteiger partial charge in [0.05, 0.1) is 5.52 Å². The number of anilines is 3. The van der Waals surface area contributed by atoms with E-state index in [-0.39, 0.29) is 5.82 Å². The maximum absolute atomic E-state index is 14.5. The van der Waals surface area contributed by atoms with Crippen molar-refractivity contribution in [2.75, 3.05) is 36.4 Å². The van der Waals surface area contributed by atoms with E-state index in [1.165, 1.54) is 17.8 Å². The van der Waals surface area contributed by atoms with Gasteiger partial charge in [0.1, 0.15) is 5.82 Å². The number of fused-ring (bicyclic) bond motifs is 1. The highest BCUT2D eigenvalue weighted by molar-refractivity contribution is 6.30. The Morgan fingerprint density at radius 2 is 1.77 bits per heavy atom. The van der Waals surface area contributed by atoms with Crippen molar-refractivity contribution in [3.05, 3.63) is 77.7 Å². The molecular weight excluding hydrogens is 413 g/mol. The molecule has 5 rings (SSSR count). The molecule has 3 aromatic carbocycles. The maximum atomic E-state index is 14.5. The molecular formula is C24H21ClFN5. The quantitative estimate of drug-likeness (QED) is 0.461. The fourth-order valence-electron chi connectivity index (χ4n) is 3.84. The van der Waals surface area contributed by atoms with Crippen LogP contribution in [-0.2, 0) is 0 Å². The van der Waals surface area contributed by atoms with Crippen molar-refractivity contribution in [2.24, 2.45) is 0 Å². The highest BCUT2D eigenvalue weighted by Gasteiger charge is 2.13. The molecule has 0 saturated carbocycles. The van der Waals surface area contributed by atoms with Gasteiger partial charge in [0.15, 0.2) is 0 Å². The van der Waals surface area contributed by atoms with E-state index in [1.54, 1.807) is 12.3 Å². The average molecular weight is 434 g/mol. The van der Waals surface area contributed by atoms with Crippen molar-refractivity contribution >= 4 is 39.8 Å². The van der Waals surface area contributed by atoms with Crippen LogP contribution in [0.25, 0.3) is 22.0 Å². The molecule has 7 heteroatoms. The summed E-state index contributed by atoms with van der Waals surface area (Å²) < 4.78 is 14.5. The topological polar surface area (TPSA) is 53.1 Å². The van der Waals surface area contributed by atoms with Crippen LogP contribution in [0.4, 0.5) is 21.7 Å². The number of piperazine rings is 1. The number of nitrogens with one attached hydrogen (secondary N) is 2. The average Bonchev–Trinajstić information content (AvgIpc) is 2.81. The van der Waals surface area contributed by atoms with Gasteiger partial charge in [-0.25, -0.2) is 14.4 Å². The first-order valence-electron chi connectivity index (χ1n) is 10.2. The lowest BCUT2D eigenvalue weighted by atomic mass is 10.0. The van der Waals surface area contributed by atoms with Crippen LogP contribution >= 0.6 is 11.6 Å². The first-order chi connectivity index (χ1) is 15.2. The monoisotopic (exact) mass is 433 g/mol. The summed E-state index contributed by atoms with van der Waals surface area (Å²) in [6.07, 6.45) is 1.74. The number of hydrogen-bond donors (Lipinski definition) is 2. The van der Waals surface area contributed by atoms with Gasteiger partial charge in [-0.1, -0.05) is 29.8 Å². The van der Waals surface area contributed by atoms with E-state index in [2.05, 4.69) is 37.6 Å². The molecule has 0 bridgehead atoms. The van der Waals surface area contributed by atoms with Crippen molar-refractivity contribution in [1.29, 1.82) is 0 Å². The van der Waals surface area contributed by atoms with Crippen molar-refractivity contribution in [2.45, 2.75) is 0 Å². The lowest BCUT2D eigenvalue weighted by molar-refractivity contribution is 0.589. The molecule has 1 aromatic heterocycles. The Hall–Kier alpha value is -3.22. The summed E-state index contributed by atoms with van der Waals surface area (Å²) >= 11 is 6.11. The van der Waals surface area contributed by atoms with E-state index in [1.807, 2.05) is 30.3 Å². The molecule has 2 N–H and O–H groups in total. The Bertz CT molecular complexity index is 1220. The van der Waals surface area contributed by atoms with E-state index in [9.17, 15) is 4.39 Å². The van der Waals surface area contributed by atoms with Crippen LogP contribution in [0.3, 0.4) is 0 Å². The summed E-state index contributed by atoms with van der Waals surface area (Å²) in [5.74, 6) is 0.117. The van der Waals surface area contributed by atoms with Gasteiger partial charge in [-0.3, -0.25) is 0 Å². The second kappa shape index (κ2) is 8.49. The van der Waals surface area contributed by atoms with E-state index < -0.39 is 0 Å². The van der Waals surface area contributed by atoms with Crippen molar-refractivity contribution in [3.8, 4) is 11.1 Å². The molecule has 0 radical (unpaired) electrons. The molecule has 2 heterocycles. The highest BCUT2D eigenvalue weighted by Crippen LogP contribution is 2.32. The number of para-hydroxylation sites is 1. The van der Waals surface area contributed by atoms with E-state index >= 15 is 0 Å². The minimum atomic E-state index is -0.339. The van der Waals surface area contributed by atoms with Crippen LogP contribution in [0, 0.1) is 5.82 Å². The molecule has 4 aromatic rings. The number of halogens is 2. The molecule has 156 valence electrons. The largest absolute Gasteiger partial charge is 0.369 e. The van der Waals surface area contributed by atoms with E-state index in [0.29, 0.717) is 27.6 Å².